The van der Waals surface area contributed by atoms with Gasteiger partial charge in [-0.15, -0.1) is 16.4 Å². The average molecular weight is 650 g/mol. The van der Waals surface area contributed by atoms with Crippen LogP contribution in [-0.2, 0) is 24.2 Å². The first-order chi connectivity index (χ1) is 19.9. The van der Waals surface area contributed by atoms with Gasteiger partial charge in [-0.2, -0.15) is 0 Å². The van der Waals surface area contributed by atoms with Gasteiger partial charge in [0, 0.05) is 46.3 Å². The highest BCUT2D eigenvalue weighted by Gasteiger charge is 2.21. The SMILES string of the molecule is CCc1nc(Cl)c(/C=C(\Cc2cccs2)C(=O)O)n1Cc1ccc2oc(-c3ccccc3-c3nnn[nH]3)c(Br)c2c1. The molecule has 4 aromatic heterocycles. The number of nitrogens with zero attached hydrogens (tertiary/aromatic N) is 5. The standard InChI is InChI=1S/C29H22BrClN6O3S/c1-2-24-32-27(31)22(14-17(29(38)39)13-18-6-5-11-41-18)37(24)15-16-9-10-23-21(12-16)25(30)26(40-23)19-7-3-4-8-20(19)28-33-35-36-34-28/h3-12,14H,2,13,15H2,1H3,(H,38,39)(H,33,34,35,36)/b17-14+. The maximum Gasteiger partial charge on any atom is 0.332 e. The summed E-state index contributed by atoms with van der Waals surface area (Å²) in [6, 6.07) is 17.5. The van der Waals surface area contributed by atoms with Crippen LogP contribution in [0.1, 0.15) is 28.9 Å². The second-order valence-electron chi connectivity index (χ2n) is 9.25. The number of carbonyl (C=O) groups is 1. The van der Waals surface area contributed by atoms with Gasteiger partial charge in [0.25, 0.3) is 0 Å². The number of carboxylic acids is 1. The minimum atomic E-state index is -0.988. The molecule has 6 rings (SSSR count). The molecule has 0 aliphatic rings. The van der Waals surface area contributed by atoms with Crippen molar-refractivity contribution in [3.05, 3.63) is 97.1 Å². The molecule has 4 heterocycles. The van der Waals surface area contributed by atoms with Gasteiger partial charge in [-0.05, 0) is 61.6 Å². The molecule has 0 bridgehead atoms. The predicted molar refractivity (Wildman–Crippen MR) is 162 cm³/mol. The van der Waals surface area contributed by atoms with Crippen molar-refractivity contribution in [2.45, 2.75) is 26.3 Å². The van der Waals surface area contributed by atoms with Crippen LogP contribution in [0.4, 0.5) is 0 Å². The molecule has 0 radical (unpaired) electrons. The van der Waals surface area contributed by atoms with Crippen LogP contribution in [0.3, 0.4) is 0 Å². The normalized spacial score (nSPS) is 11.9. The number of tetrazole rings is 1. The van der Waals surface area contributed by atoms with Crippen molar-refractivity contribution in [2.24, 2.45) is 0 Å². The zero-order chi connectivity index (χ0) is 28.5. The summed E-state index contributed by atoms with van der Waals surface area (Å²) in [6.45, 7) is 2.44. The maximum absolute atomic E-state index is 12.1. The Bertz CT molecular complexity index is 1890. The van der Waals surface area contributed by atoms with E-state index >= 15 is 0 Å². The number of nitrogens with one attached hydrogen (secondary N) is 1. The first kappa shape index (κ1) is 27.1. The summed E-state index contributed by atoms with van der Waals surface area (Å²) in [5.74, 6) is 0.979. The predicted octanol–water partition coefficient (Wildman–Crippen LogP) is 7.28. The Morgan fingerprint density at radius 1 is 1.20 bits per heavy atom. The summed E-state index contributed by atoms with van der Waals surface area (Å²) in [7, 11) is 0. The fourth-order valence-electron chi connectivity index (χ4n) is 4.75. The van der Waals surface area contributed by atoms with Crippen molar-refractivity contribution in [2.75, 3.05) is 0 Å². The molecular formula is C29H22BrClN6O3S. The number of aromatic amines is 1. The number of imidazole rings is 1. The van der Waals surface area contributed by atoms with Gasteiger partial charge in [-0.1, -0.05) is 54.9 Å². The minimum absolute atomic E-state index is 0.247. The Balaban J connectivity index is 1.39. The molecule has 6 aromatic rings. The Hall–Kier alpha value is -4.06. The van der Waals surface area contributed by atoms with Crippen molar-refractivity contribution in [1.82, 2.24) is 30.2 Å². The number of aliphatic carboxylic acids is 1. The highest BCUT2D eigenvalue weighted by Crippen LogP contribution is 2.41. The van der Waals surface area contributed by atoms with Crippen LogP contribution in [0.25, 0.3) is 39.8 Å². The van der Waals surface area contributed by atoms with Crippen molar-refractivity contribution >= 4 is 61.9 Å². The van der Waals surface area contributed by atoms with E-state index in [1.54, 1.807) is 6.08 Å². The number of rotatable bonds is 9. The third-order valence-electron chi connectivity index (χ3n) is 6.69. The summed E-state index contributed by atoms with van der Waals surface area (Å²) in [5, 5.41) is 27.3. The van der Waals surface area contributed by atoms with Crippen molar-refractivity contribution in [1.29, 1.82) is 0 Å². The van der Waals surface area contributed by atoms with Crippen LogP contribution in [0, 0.1) is 0 Å². The molecule has 0 atom stereocenters. The number of aryl methyl sites for hydroxylation is 1. The van der Waals surface area contributed by atoms with Crippen molar-refractivity contribution in [3.8, 4) is 22.7 Å². The first-order valence-corrected chi connectivity index (χ1v) is 14.7. The summed E-state index contributed by atoms with van der Waals surface area (Å²) >= 11 is 11.8. The van der Waals surface area contributed by atoms with Gasteiger partial charge in [-0.25, -0.2) is 14.9 Å². The molecule has 0 saturated carbocycles. The summed E-state index contributed by atoms with van der Waals surface area (Å²) in [6.07, 6.45) is 2.57. The third-order valence-corrected chi connectivity index (χ3v) is 8.63. The van der Waals surface area contributed by atoms with Crippen molar-refractivity contribution < 1.29 is 14.3 Å². The highest BCUT2D eigenvalue weighted by molar-refractivity contribution is 9.10. The molecule has 0 aliphatic heterocycles. The molecule has 0 amide bonds. The molecular weight excluding hydrogens is 628 g/mol. The van der Waals surface area contributed by atoms with E-state index in [0.29, 0.717) is 42.2 Å². The van der Waals surface area contributed by atoms with Gasteiger partial charge in [0.15, 0.2) is 11.0 Å². The quantitative estimate of drug-likeness (QED) is 0.158. The number of thiophene rings is 1. The van der Waals surface area contributed by atoms with Gasteiger partial charge in [-0.3, -0.25) is 0 Å². The molecule has 2 N–H and O–H groups in total. The van der Waals surface area contributed by atoms with Gasteiger partial charge in [0.2, 0.25) is 0 Å². The molecule has 9 nitrogen and oxygen atoms in total. The zero-order valence-corrected chi connectivity index (χ0v) is 24.8. The largest absolute Gasteiger partial charge is 0.478 e. The number of H-pyrrole nitrogens is 1. The Kier molecular flexibility index (Phi) is 7.57. The second kappa shape index (κ2) is 11.4. The molecule has 0 spiro atoms. The number of hydrogen-bond acceptors (Lipinski definition) is 7. The van der Waals surface area contributed by atoms with Gasteiger partial charge in [0.1, 0.15) is 17.2 Å². The zero-order valence-electron chi connectivity index (χ0n) is 21.6. The van der Waals surface area contributed by atoms with E-state index in [1.807, 2.05) is 65.4 Å². The lowest BCUT2D eigenvalue weighted by Gasteiger charge is -2.11. The van der Waals surface area contributed by atoms with E-state index in [0.717, 1.165) is 37.3 Å². The number of benzene rings is 2. The van der Waals surface area contributed by atoms with Crippen molar-refractivity contribution in [3.63, 3.8) is 0 Å². The molecule has 206 valence electrons. The number of fused-ring (bicyclic) bond motifs is 1. The molecule has 0 aliphatic carbocycles. The number of halogens is 2. The molecule has 12 heteroatoms. The monoisotopic (exact) mass is 648 g/mol. The van der Waals surface area contributed by atoms with E-state index in [2.05, 4.69) is 47.6 Å². The molecule has 0 fully saturated rings. The fourth-order valence-corrected chi connectivity index (χ4v) is 6.34. The minimum Gasteiger partial charge on any atom is -0.478 e. The topological polar surface area (TPSA) is 123 Å². The smallest absolute Gasteiger partial charge is 0.332 e. The number of carboxylic acid groups (broad SMARTS) is 1. The van der Waals surface area contributed by atoms with Crippen LogP contribution < -0.4 is 0 Å². The number of furan rings is 1. The van der Waals surface area contributed by atoms with Gasteiger partial charge in [0.05, 0.1) is 10.2 Å². The van der Waals surface area contributed by atoms with E-state index in [1.165, 1.54) is 11.3 Å². The van der Waals surface area contributed by atoms with E-state index in [4.69, 9.17) is 16.0 Å². The Morgan fingerprint density at radius 3 is 2.73 bits per heavy atom. The Labute approximate surface area is 251 Å². The maximum atomic E-state index is 12.1. The van der Waals surface area contributed by atoms with Crippen LogP contribution in [0.2, 0.25) is 5.15 Å². The lowest BCUT2D eigenvalue weighted by molar-refractivity contribution is -0.132. The average Bonchev–Trinajstić information content (AvgIpc) is 3.78. The van der Waals surface area contributed by atoms with Gasteiger partial charge >= 0.3 is 5.97 Å². The van der Waals surface area contributed by atoms with Gasteiger partial charge < -0.3 is 14.1 Å². The summed E-state index contributed by atoms with van der Waals surface area (Å²) in [4.78, 5) is 17.6. The van der Waals surface area contributed by atoms with Crippen LogP contribution in [-0.4, -0.2) is 41.3 Å². The highest BCUT2D eigenvalue weighted by atomic mass is 79.9. The summed E-state index contributed by atoms with van der Waals surface area (Å²) < 4.78 is 9.06. The third kappa shape index (κ3) is 5.35. The van der Waals surface area contributed by atoms with Crippen LogP contribution >= 0.6 is 38.9 Å². The van der Waals surface area contributed by atoms with Crippen LogP contribution in [0.5, 0.6) is 0 Å². The number of hydrogen-bond donors (Lipinski definition) is 2. The summed E-state index contributed by atoms with van der Waals surface area (Å²) in [5.41, 5.74) is 4.16. The molecule has 2 aromatic carbocycles. The lowest BCUT2D eigenvalue weighted by Crippen LogP contribution is -2.08. The first-order valence-electron chi connectivity index (χ1n) is 12.7. The van der Waals surface area contributed by atoms with E-state index in [-0.39, 0.29) is 10.7 Å². The molecule has 0 unspecified atom stereocenters. The molecule has 0 saturated heterocycles. The molecule has 41 heavy (non-hydrogen) atoms. The number of aromatic nitrogens is 6. The lowest BCUT2D eigenvalue weighted by atomic mass is 10.0. The van der Waals surface area contributed by atoms with Crippen LogP contribution in [0.15, 0.2) is 74.4 Å². The van der Waals surface area contributed by atoms with E-state index < -0.39 is 5.97 Å². The fraction of sp³-hybridized carbons (Fsp3) is 0.138. The van der Waals surface area contributed by atoms with E-state index in [9.17, 15) is 9.90 Å². The second-order valence-corrected chi connectivity index (χ2v) is 11.4. The Morgan fingerprint density at radius 2 is 2.02 bits per heavy atom.